The summed E-state index contributed by atoms with van der Waals surface area (Å²) in [4.78, 5) is 21.6. The first-order valence-corrected chi connectivity index (χ1v) is 2.35. The van der Waals surface area contributed by atoms with Gasteiger partial charge in [-0.1, -0.05) is 0 Å². The van der Waals surface area contributed by atoms with Crippen molar-refractivity contribution >= 4 is 37.4 Å². The van der Waals surface area contributed by atoms with E-state index < -0.39 is 7.82 Å². The van der Waals surface area contributed by atoms with E-state index in [1.807, 2.05) is 0 Å². The molecule has 0 spiro atoms. The molecule has 0 bridgehead atoms. The third-order valence-electron chi connectivity index (χ3n) is 0. The van der Waals surface area contributed by atoms with Crippen molar-refractivity contribution in [2.75, 3.05) is 0 Å². The van der Waals surface area contributed by atoms with Gasteiger partial charge in [0.25, 0.3) is 0 Å². The first-order chi connectivity index (χ1) is 2.00. The second kappa shape index (κ2) is 29.3. The fraction of sp³-hybridized carbons (Fsp3) is 0. The van der Waals surface area contributed by atoms with Gasteiger partial charge in [-0.3, -0.25) is 0 Å². The molecule has 12 heteroatoms. The van der Waals surface area contributed by atoms with Gasteiger partial charge in [0.15, 0.2) is 0 Å². The second-order valence-corrected chi connectivity index (χ2v) is 1.54. The fourth-order valence-electron chi connectivity index (χ4n) is 0. The number of phosphoric acid groups is 1. The van der Waals surface area contributed by atoms with Crippen molar-refractivity contribution in [1.29, 1.82) is 0 Å². The zero-order chi connectivity index (χ0) is 4.50. The number of rotatable bonds is 0. The van der Waals surface area contributed by atoms with Crippen molar-refractivity contribution in [3.05, 3.63) is 0 Å². The average Bonchev–Trinajstić information content (AvgIpc) is 0.722. The van der Waals surface area contributed by atoms with Crippen molar-refractivity contribution in [2.24, 2.45) is 0 Å². The number of hydrogen-bond acceptors (Lipinski definition) is 1. The standard InChI is InChI=1S/Na.H3O4P.5H2O.Zr.H/c;1-5(2,3)4;;;;;;;/h;(H3,1,2,3,4);5*1H2;;. The van der Waals surface area contributed by atoms with Gasteiger partial charge in [-0.2, -0.15) is 0 Å². The molecule has 0 aromatic rings. The minimum absolute atomic E-state index is 0. The van der Waals surface area contributed by atoms with Crippen molar-refractivity contribution in [2.45, 2.75) is 0 Å². The molecule has 0 aromatic carbocycles. The molecule has 0 amide bonds. The monoisotopic (exact) mass is 302 g/mol. The van der Waals surface area contributed by atoms with E-state index >= 15 is 0 Å². The molecule has 0 saturated carbocycles. The molecule has 13 N–H and O–H groups in total. The van der Waals surface area contributed by atoms with E-state index in [1.54, 1.807) is 0 Å². The van der Waals surface area contributed by atoms with Crippen molar-refractivity contribution in [3.63, 3.8) is 0 Å². The van der Waals surface area contributed by atoms with E-state index in [0.717, 1.165) is 0 Å². The van der Waals surface area contributed by atoms with Crippen LogP contribution in [0.3, 0.4) is 0 Å². The minimum atomic E-state index is -4.64. The van der Waals surface area contributed by atoms with Gasteiger partial charge in [0.05, 0.1) is 0 Å². The van der Waals surface area contributed by atoms with Crippen LogP contribution in [0.25, 0.3) is 0 Å². The largest absolute Gasteiger partial charge is 0 e. The predicted molar refractivity (Wildman–Crippen MR) is 39.5 cm³/mol. The van der Waals surface area contributed by atoms with Crippen LogP contribution in [-0.2, 0) is 30.8 Å². The van der Waals surface area contributed by atoms with Crippen LogP contribution in [0.2, 0.25) is 0 Å². The molecular formula is H14NaO9PZr. The van der Waals surface area contributed by atoms with Crippen LogP contribution in [-0.4, -0.2) is 71.6 Å². The maximum absolute atomic E-state index is 8.88. The molecular weight excluding hydrogens is 289 g/mol. The summed E-state index contributed by atoms with van der Waals surface area (Å²) in [5.74, 6) is 0. The Kier molecular flexibility index (Phi) is 164. The molecule has 0 aromatic heterocycles. The van der Waals surface area contributed by atoms with E-state index in [1.165, 1.54) is 0 Å². The zero-order valence-corrected chi connectivity index (χ0v) is 8.55. The molecule has 9 nitrogen and oxygen atoms in total. The number of hydrogen-bond donors (Lipinski definition) is 3. The zero-order valence-electron chi connectivity index (χ0n) is 5.20. The third kappa shape index (κ3) is 427. The van der Waals surface area contributed by atoms with Gasteiger partial charge < -0.3 is 42.1 Å². The second-order valence-electron chi connectivity index (χ2n) is 0.513. The molecule has 0 fully saturated rings. The van der Waals surface area contributed by atoms with Crippen LogP contribution in [0.1, 0.15) is 0 Å². The van der Waals surface area contributed by atoms with Gasteiger partial charge in [0, 0.05) is 26.2 Å². The maximum Gasteiger partial charge on any atom is 0 e. The molecule has 12 heavy (non-hydrogen) atoms. The van der Waals surface area contributed by atoms with Crippen LogP contribution < -0.4 is 0 Å². The summed E-state index contributed by atoms with van der Waals surface area (Å²) in [6, 6.07) is 0. The van der Waals surface area contributed by atoms with Gasteiger partial charge in [-0.25, -0.2) is 4.57 Å². The molecule has 0 aliphatic carbocycles. The summed E-state index contributed by atoms with van der Waals surface area (Å²) in [5.41, 5.74) is 0. The smallest absolute Gasteiger partial charge is 0 e. The van der Waals surface area contributed by atoms with E-state index in [9.17, 15) is 0 Å². The molecule has 0 saturated heterocycles. The van der Waals surface area contributed by atoms with Crippen LogP contribution in [0.5, 0.6) is 0 Å². The summed E-state index contributed by atoms with van der Waals surface area (Å²) < 4.78 is 8.88. The fourth-order valence-corrected chi connectivity index (χ4v) is 0. The van der Waals surface area contributed by atoms with Crippen LogP contribution in [0.4, 0.5) is 0 Å². The SMILES string of the molecule is O.O.O.O.O.O=P(O)(O)O.[NaH].[Zr]. The Balaban J connectivity index is -0.00000000381. The van der Waals surface area contributed by atoms with Crippen LogP contribution in [0.15, 0.2) is 0 Å². The first-order valence-electron chi connectivity index (χ1n) is 0.783. The van der Waals surface area contributed by atoms with Gasteiger partial charge in [0.2, 0.25) is 0 Å². The van der Waals surface area contributed by atoms with E-state index in [-0.39, 0.29) is 83.1 Å². The summed E-state index contributed by atoms with van der Waals surface area (Å²) in [6.07, 6.45) is 0. The molecule has 0 unspecified atom stereocenters. The topological polar surface area (TPSA) is 235 Å². The van der Waals surface area contributed by atoms with Crippen LogP contribution in [0, 0.1) is 0 Å². The molecule has 0 atom stereocenters. The Bertz CT molecular complexity index is 60.7. The van der Waals surface area contributed by atoms with Crippen LogP contribution >= 0.6 is 7.82 Å². The van der Waals surface area contributed by atoms with Crippen molar-refractivity contribution in [3.8, 4) is 0 Å². The summed E-state index contributed by atoms with van der Waals surface area (Å²) in [5, 5.41) is 0. The van der Waals surface area contributed by atoms with Crippen molar-refractivity contribution < 1.29 is 72.8 Å². The summed E-state index contributed by atoms with van der Waals surface area (Å²) in [7, 11) is -4.64. The van der Waals surface area contributed by atoms with E-state index in [0.29, 0.717) is 0 Å². The Morgan fingerprint density at radius 3 is 0.750 bits per heavy atom. The summed E-state index contributed by atoms with van der Waals surface area (Å²) in [6.45, 7) is 0. The average molecular weight is 303 g/mol. The predicted octanol–water partition coefficient (Wildman–Crippen LogP) is -5.70. The Labute approximate surface area is 109 Å². The molecule has 0 heterocycles. The molecule has 0 radical (unpaired) electrons. The van der Waals surface area contributed by atoms with Gasteiger partial charge in [0.1, 0.15) is 0 Å². The molecule has 78 valence electrons. The van der Waals surface area contributed by atoms with Gasteiger partial charge >= 0.3 is 37.4 Å². The minimum Gasteiger partial charge on any atom is 0 e. The van der Waals surface area contributed by atoms with Gasteiger partial charge in [-0.05, 0) is 0 Å². The molecule has 0 aliphatic heterocycles. The molecule has 0 rings (SSSR count). The third-order valence-corrected chi connectivity index (χ3v) is 0. The normalized spacial score (nSPS) is 4.92. The quantitative estimate of drug-likeness (QED) is 0.292. The van der Waals surface area contributed by atoms with Crippen molar-refractivity contribution in [1.82, 2.24) is 0 Å². The summed E-state index contributed by atoms with van der Waals surface area (Å²) >= 11 is 0. The Hall–Kier alpha value is 1.79. The first kappa shape index (κ1) is 67.3. The van der Waals surface area contributed by atoms with E-state index in [2.05, 4.69) is 0 Å². The molecule has 0 aliphatic rings. The maximum atomic E-state index is 8.88. The van der Waals surface area contributed by atoms with Gasteiger partial charge in [-0.15, -0.1) is 0 Å². The Morgan fingerprint density at radius 1 is 0.750 bits per heavy atom. The Morgan fingerprint density at radius 2 is 0.750 bits per heavy atom. The van der Waals surface area contributed by atoms with E-state index in [4.69, 9.17) is 19.2 Å².